The van der Waals surface area contributed by atoms with Crippen molar-refractivity contribution < 1.29 is 0 Å². The van der Waals surface area contributed by atoms with Crippen LogP contribution in [0, 0.1) is 0 Å². The van der Waals surface area contributed by atoms with Crippen molar-refractivity contribution in [3.8, 4) is 0 Å². The van der Waals surface area contributed by atoms with E-state index in [-0.39, 0.29) is 0 Å². The van der Waals surface area contributed by atoms with E-state index < -0.39 is 7.22 Å². The minimum absolute atomic E-state index is 0.853. The van der Waals surface area contributed by atoms with Crippen molar-refractivity contribution >= 4 is 25.2 Å². The van der Waals surface area contributed by atoms with Crippen LogP contribution in [0.2, 0.25) is 19.6 Å². The minimum Gasteiger partial charge on any atom is -0.301 e. The van der Waals surface area contributed by atoms with Gasteiger partial charge in [-0.25, -0.2) is 0 Å². The summed E-state index contributed by atoms with van der Waals surface area (Å²) in [6.07, 6.45) is 1.19. The first-order valence-electron chi connectivity index (χ1n) is 3.63. The van der Waals surface area contributed by atoms with Crippen LogP contribution in [0.3, 0.4) is 0 Å². The molecule has 0 aliphatic rings. The summed E-state index contributed by atoms with van der Waals surface area (Å²) in [5.74, 6) is 1.26. The molecule has 0 aromatic carbocycles. The van der Waals surface area contributed by atoms with E-state index in [9.17, 15) is 0 Å². The molecule has 0 saturated heterocycles. The second kappa shape index (κ2) is 4.96. The zero-order valence-electron chi connectivity index (χ0n) is 7.18. The normalized spacial score (nSPS) is 11.5. The van der Waals surface area contributed by atoms with Gasteiger partial charge >= 0.3 is 0 Å². The van der Waals surface area contributed by atoms with Crippen molar-refractivity contribution in [3.05, 3.63) is 0 Å². The van der Waals surface area contributed by atoms with Crippen molar-refractivity contribution in [2.24, 2.45) is 4.99 Å². The van der Waals surface area contributed by atoms with Gasteiger partial charge in [-0.05, 0) is 18.9 Å². The Morgan fingerprint density at radius 1 is 1.40 bits per heavy atom. The Labute approximate surface area is 69.0 Å². The second-order valence-corrected chi connectivity index (χ2v) is 12.7. The van der Waals surface area contributed by atoms with Gasteiger partial charge in [0.2, 0.25) is 0 Å². The molecular weight excluding hydrogens is 158 g/mol. The third-order valence-corrected chi connectivity index (χ3v) is 5.56. The molecule has 0 N–H and O–H groups in total. The molecule has 3 heteroatoms. The molecule has 0 rings (SSSR count). The predicted octanol–water partition coefficient (Wildman–Crippen LogP) is 2.65. The van der Waals surface area contributed by atoms with Crippen LogP contribution in [-0.2, 0) is 0 Å². The summed E-state index contributed by atoms with van der Waals surface area (Å²) in [6.45, 7) is 11.5. The SMILES string of the molecule is C=NCCCS[Si](C)(C)C. The zero-order chi connectivity index (χ0) is 8.04. The average Bonchev–Trinajstić information content (AvgIpc) is 1.78. The Morgan fingerprint density at radius 3 is 2.40 bits per heavy atom. The molecule has 0 aromatic rings. The van der Waals surface area contributed by atoms with Gasteiger partial charge in [0.1, 0.15) is 7.22 Å². The van der Waals surface area contributed by atoms with E-state index in [4.69, 9.17) is 0 Å². The summed E-state index contributed by atoms with van der Waals surface area (Å²) >= 11 is 2.12. The van der Waals surface area contributed by atoms with Gasteiger partial charge in [-0.1, -0.05) is 19.6 Å². The van der Waals surface area contributed by atoms with Crippen molar-refractivity contribution in [2.45, 2.75) is 26.1 Å². The molecule has 60 valence electrons. The Bertz CT molecular complexity index is 98.3. The van der Waals surface area contributed by atoms with Gasteiger partial charge in [-0.2, -0.15) is 11.2 Å². The number of aliphatic imine (C=N–C) groups is 1. The zero-order valence-corrected chi connectivity index (χ0v) is 9.00. The molecule has 0 saturated carbocycles. The van der Waals surface area contributed by atoms with E-state index >= 15 is 0 Å². The second-order valence-electron chi connectivity index (χ2n) is 3.26. The maximum absolute atomic E-state index is 3.81. The van der Waals surface area contributed by atoms with Crippen LogP contribution in [0.15, 0.2) is 4.99 Å². The van der Waals surface area contributed by atoms with Crippen LogP contribution in [-0.4, -0.2) is 26.2 Å². The number of nitrogens with zero attached hydrogens (tertiary/aromatic N) is 1. The van der Waals surface area contributed by atoms with Gasteiger partial charge in [0.15, 0.2) is 0 Å². The predicted molar refractivity (Wildman–Crippen MR) is 54.8 cm³/mol. The van der Waals surface area contributed by atoms with Crippen molar-refractivity contribution in [1.29, 1.82) is 0 Å². The van der Waals surface area contributed by atoms with Crippen molar-refractivity contribution in [1.82, 2.24) is 0 Å². The molecule has 0 aliphatic heterocycles. The largest absolute Gasteiger partial charge is 0.301 e. The molecule has 10 heavy (non-hydrogen) atoms. The molecule has 0 fully saturated rings. The average molecular weight is 175 g/mol. The van der Waals surface area contributed by atoms with Gasteiger partial charge in [0.05, 0.1) is 0 Å². The molecule has 0 aliphatic carbocycles. The van der Waals surface area contributed by atoms with Crippen LogP contribution >= 0.6 is 11.2 Å². The molecule has 0 unspecified atom stereocenters. The fourth-order valence-corrected chi connectivity index (χ4v) is 3.71. The Balaban J connectivity index is 3.12. The summed E-state index contributed by atoms with van der Waals surface area (Å²) in [6, 6.07) is 0. The maximum atomic E-state index is 3.81. The standard InChI is InChI=1S/C7H17NSSi/c1-8-6-5-7-9-10(2,3)4/h1,5-7H2,2-4H3. The summed E-state index contributed by atoms with van der Waals surface area (Å²) in [5.41, 5.74) is 0. The Hall–Kier alpha value is 0.237. The maximum Gasteiger partial charge on any atom is 0.108 e. The van der Waals surface area contributed by atoms with E-state index in [0.29, 0.717) is 0 Å². The lowest BCUT2D eigenvalue weighted by Gasteiger charge is -2.13. The number of hydrogen-bond donors (Lipinski definition) is 0. The summed E-state index contributed by atoms with van der Waals surface area (Å²) in [5, 5.41) is 0. The fraction of sp³-hybridized carbons (Fsp3) is 0.857. The molecule has 0 radical (unpaired) electrons. The topological polar surface area (TPSA) is 12.4 Å². The highest BCUT2D eigenvalue weighted by atomic mass is 32.4. The Kier molecular flexibility index (Phi) is 5.08. The lowest BCUT2D eigenvalue weighted by Crippen LogP contribution is -2.14. The van der Waals surface area contributed by atoms with Gasteiger partial charge < -0.3 is 4.99 Å². The van der Waals surface area contributed by atoms with E-state index in [0.717, 1.165) is 6.54 Å². The van der Waals surface area contributed by atoms with Gasteiger partial charge in [-0.3, -0.25) is 0 Å². The number of rotatable bonds is 5. The summed E-state index contributed by atoms with van der Waals surface area (Å²) < 4.78 is 0. The van der Waals surface area contributed by atoms with Crippen molar-refractivity contribution in [3.63, 3.8) is 0 Å². The molecule has 0 aromatic heterocycles. The Morgan fingerprint density at radius 2 is 2.00 bits per heavy atom. The first kappa shape index (κ1) is 10.2. The van der Waals surface area contributed by atoms with Crippen LogP contribution < -0.4 is 0 Å². The molecule has 0 amide bonds. The lowest BCUT2D eigenvalue weighted by atomic mass is 10.5. The summed E-state index contributed by atoms with van der Waals surface area (Å²) in [4.78, 5) is 3.81. The highest BCUT2D eigenvalue weighted by Crippen LogP contribution is 2.19. The van der Waals surface area contributed by atoms with Gasteiger partial charge in [0.25, 0.3) is 0 Å². The third-order valence-electron chi connectivity index (χ3n) is 0.996. The fourth-order valence-electron chi connectivity index (χ4n) is 0.555. The lowest BCUT2D eigenvalue weighted by molar-refractivity contribution is 0.953. The smallest absolute Gasteiger partial charge is 0.108 e. The van der Waals surface area contributed by atoms with E-state index in [1.165, 1.54) is 12.2 Å². The minimum atomic E-state index is -0.853. The van der Waals surface area contributed by atoms with Gasteiger partial charge in [0, 0.05) is 6.54 Å². The van der Waals surface area contributed by atoms with Crippen LogP contribution in [0.25, 0.3) is 0 Å². The van der Waals surface area contributed by atoms with Gasteiger partial charge in [-0.15, -0.1) is 0 Å². The highest BCUT2D eigenvalue weighted by molar-refractivity contribution is 8.28. The quantitative estimate of drug-likeness (QED) is 0.355. The molecule has 0 heterocycles. The highest BCUT2D eigenvalue weighted by Gasteiger charge is 2.11. The van der Waals surface area contributed by atoms with Crippen LogP contribution in [0.1, 0.15) is 6.42 Å². The molecule has 0 atom stereocenters. The molecule has 0 spiro atoms. The van der Waals surface area contributed by atoms with E-state index in [2.05, 4.69) is 42.6 Å². The first-order valence-corrected chi connectivity index (χ1v) is 8.84. The molecular formula is C7H17NSSi. The van der Waals surface area contributed by atoms with Crippen molar-refractivity contribution in [2.75, 3.05) is 12.3 Å². The molecule has 0 bridgehead atoms. The van der Waals surface area contributed by atoms with E-state index in [1.54, 1.807) is 0 Å². The first-order chi connectivity index (χ1) is 4.56. The number of hydrogen-bond acceptors (Lipinski definition) is 2. The monoisotopic (exact) mass is 175 g/mol. The van der Waals surface area contributed by atoms with Crippen LogP contribution in [0.4, 0.5) is 0 Å². The summed E-state index contributed by atoms with van der Waals surface area (Å²) in [7, 11) is -0.853. The van der Waals surface area contributed by atoms with Crippen LogP contribution in [0.5, 0.6) is 0 Å². The molecule has 1 nitrogen and oxygen atoms in total. The third kappa shape index (κ3) is 8.24. The van der Waals surface area contributed by atoms with E-state index in [1.807, 2.05) is 0 Å².